The third kappa shape index (κ3) is 3.94. The van der Waals surface area contributed by atoms with Crippen molar-refractivity contribution < 1.29 is 23.7 Å². The van der Waals surface area contributed by atoms with Crippen molar-refractivity contribution in [3.05, 3.63) is 42.0 Å². The van der Waals surface area contributed by atoms with E-state index in [0.29, 0.717) is 28.6 Å². The fourth-order valence-corrected chi connectivity index (χ4v) is 3.19. The molecule has 0 spiro atoms. The minimum atomic E-state index is -0.407. The van der Waals surface area contributed by atoms with Crippen molar-refractivity contribution in [2.45, 2.75) is 16.7 Å². The van der Waals surface area contributed by atoms with E-state index in [2.05, 4.69) is 0 Å². The molecule has 0 aromatic heterocycles. The molecule has 2 rings (SSSR count). The van der Waals surface area contributed by atoms with Gasteiger partial charge in [-0.15, -0.1) is 0 Å². The molecule has 0 atom stereocenters. The zero-order chi connectivity index (χ0) is 17.5. The Morgan fingerprint density at radius 2 is 1.54 bits per heavy atom. The first kappa shape index (κ1) is 18.0. The van der Waals surface area contributed by atoms with Crippen LogP contribution in [0.25, 0.3) is 0 Å². The van der Waals surface area contributed by atoms with Crippen molar-refractivity contribution in [1.82, 2.24) is 0 Å². The Kier molecular flexibility index (Phi) is 6.37. The topological polar surface area (TPSA) is 54.0 Å². The van der Waals surface area contributed by atoms with Gasteiger partial charge in [-0.3, -0.25) is 0 Å². The Morgan fingerprint density at radius 3 is 2.17 bits per heavy atom. The van der Waals surface area contributed by atoms with Crippen molar-refractivity contribution in [3.8, 4) is 17.2 Å². The fourth-order valence-electron chi connectivity index (χ4n) is 2.13. The lowest BCUT2D eigenvalue weighted by atomic mass is 10.2. The highest BCUT2D eigenvalue weighted by Gasteiger charge is 2.19. The summed E-state index contributed by atoms with van der Waals surface area (Å²) in [5.41, 5.74) is 0.422. The maximum absolute atomic E-state index is 12.3. The third-order valence-corrected chi connectivity index (χ3v) is 4.38. The first-order valence-corrected chi connectivity index (χ1v) is 8.20. The number of hydrogen-bond acceptors (Lipinski definition) is 6. The molecule has 0 unspecified atom stereocenters. The second-order valence-electron chi connectivity index (χ2n) is 4.68. The minimum Gasteiger partial charge on any atom is -0.496 e. The molecule has 0 aliphatic heterocycles. The van der Waals surface area contributed by atoms with Crippen LogP contribution in [0.1, 0.15) is 17.3 Å². The molecule has 6 heteroatoms. The molecule has 5 nitrogen and oxygen atoms in total. The van der Waals surface area contributed by atoms with Crippen molar-refractivity contribution in [1.29, 1.82) is 0 Å². The van der Waals surface area contributed by atoms with Gasteiger partial charge in [0.1, 0.15) is 5.75 Å². The zero-order valence-corrected chi connectivity index (χ0v) is 14.9. The smallest absolute Gasteiger partial charge is 0.339 e. The first-order chi connectivity index (χ1) is 11.6. The highest BCUT2D eigenvalue weighted by molar-refractivity contribution is 7.99. The minimum absolute atomic E-state index is 0.298. The van der Waals surface area contributed by atoms with Crippen LogP contribution in [-0.4, -0.2) is 33.9 Å². The molecule has 0 aliphatic rings. The summed E-state index contributed by atoms with van der Waals surface area (Å²) in [5, 5.41) is 0. The average molecular weight is 348 g/mol. The van der Waals surface area contributed by atoms with Gasteiger partial charge in [-0.2, -0.15) is 0 Å². The van der Waals surface area contributed by atoms with Crippen molar-refractivity contribution in [2.75, 3.05) is 27.9 Å². The maximum Gasteiger partial charge on any atom is 0.339 e. The number of hydrogen-bond donors (Lipinski definition) is 0. The molecule has 0 aliphatic carbocycles. The van der Waals surface area contributed by atoms with Crippen LogP contribution < -0.4 is 14.2 Å². The van der Waals surface area contributed by atoms with E-state index in [0.717, 1.165) is 10.6 Å². The van der Waals surface area contributed by atoms with E-state index in [-0.39, 0.29) is 0 Å². The molecule has 0 bridgehead atoms. The molecular formula is C18H20O5S. The van der Waals surface area contributed by atoms with E-state index in [1.165, 1.54) is 18.9 Å². The number of para-hydroxylation sites is 1. The van der Waals surface area contributed by atoms with Gasteiger partial charge in [-0.25, -0.2) is 4.79 Å². The van der Waals surface area contributed by atoms with Gasteiger partial charge in [0, 0.05) is 4.90 Å². The molecule has 0 amide bonds. The van der Waals surface area contributed by atoms with Gasteiger partial charge in [0.15, 0.2) is 11.5 Å². The number of benzene rings is 2. The normalized spacial score (nSPS) is 10.2. The fraction of sp³-hybridized carbons (Fsp3) is 0.278. The SMILES string of the molecule is CCOC(=O)c1cc(OC)c(OC)cc1Sc1ccccc1OC. The number of rotatable bonds is 7. The van der Waals surface area contributed by atoms with Gasteiger partial charge in [-0.05, 0) is 31.2 Å². The van der Waals surface area contributed by atoms with Gasteiger partial charge in [0.2, 0.25) is 0 Å². The Bertz CT molecular complexity index is 715. The summed E-state index contributed by atoms with van der Waals surface area (Å²) in [6, 6.07) is 11.0. The van der Waals surface area contributed by atoms with Crippen LogP contribution in [-0.2, 0) is 4.74 Å². The molecule has 24 heavy (non-hydrogen) atoms. The largest absolute Gasteiger partial charge is 0.496 e. The van der Waals surface area contributed by atoms with E-state index in [9.17, 15) is 4.79 Å². The Morgan fingerprint density at radius 1 is 0.917 bits per heavy atom. The molecule has 128 valence electrons. The summed E-state index contributed by atoms with van der Waals surface area (Å²) < 4.78 is 21.2. The van der Waals surface area contributed by atoms with Crippen molar-refractivity contribution in [2.24, 2.45) is 0 Å². The summed E-state index contributed by atoms with van der Waals surface area (Å²) in [6.07, 6.45) is 0. The molecule has 2 aromatic carbocycles. The van der Waals surface area contributed by atoms with E-state index < -0.39 is 5.97 Å². The first-order valence-electron chi connectivity index (χ1n) is 7.38. The summed E-state index contributed by atoms with van der Waals surface area (Å²) in [6.45, 7) is 2.07. The second-order valence-corrected chi connectivity index (χ2v) is 5.76. The predicted octanol–water partition coefficient (Wildman–Crippen LogP) is 4.04. The van der Waals surface area contributed by atoms with E-state index in [1.807, 2.05) is 24.3 Å². The Balaban J connectivity index is 2.51. The zero-order valence-electron chi connectivity index (χ0n) is 14.1. The summed E-state index contributed by atoms with van der Waals surface area (Å²) in [4.78, 5) is 13.9. The average Bonchev–Trinajstić information content (AvgIpc) is 2.61. The summed E-state index contributed by atoms with van der Waals surface area (Å²) >= 11 is 1.41. The van der Waals surface area contributed by atoms with Crippen molar-refractivity contribution >= 4 is 17.7 Å². The number of ether oxygens (including phenoxy) is 4. The highest BCUT2D eigenvalue weighted by Crippen LogP contribution is 2.41. The monoisotopic (exact) mass is 348 g/mol. The highest BCUT2D eigenvalue weighted by atomic mass is 32.2. The number of esters is 1. The van der Waals surface area contributed by atoms with Crippen LogP contribution >= 0.6 is 11.8 Å². The second kappa shape index (κ2) is 8.49. The van der Waals surface area contributed by atoms with E-state index >= 15 is 0 Å². The summed E-state index contributed by atoms with van der Waals surface area (Å²) in [7, 11) is 4.69. The lowest BCUT2D eigenvalue weighted by Gasteiger charge is -2.15. The van der Waals surface area contributed by atoms with Crippen molar-refractivity contribution in [3.63, 3.8) is 0 Å². The lowest BCUT2D eigenvalue weighted by molar-refractivity contribution is 0.0521. The molecule has 0 saturated heterocycles. The number of carbonyl (C=O) groups is 1. The van der Waals surface area contributed by atoms with Crippen LogP contribution in [0.15, 0.2) is 46.2 Å². The lowest BCUT2D eigenvalue weighted by Crippen LogP contribution is -2.07. The van der Waals surface area contributed by atoms with Gasteiger partial charge in [0.25, 0.3) is 0 Å². The van der Waals surface area contributed by atoms with E-state index in [1.54, 1.807) is 33.3 Å². The Hall–Kier alpha value is -2.34. The number of methoxy groups -OCH3 is 3. The molecule has 0 heterocycles. The molecular weight excluding hydrogens is 328 g/mol. The molecule has 0 saturated carbocycles. The van der Waals surface area contributed by atoms with Gasteiger partial charge < -0.3 is 18.9 Å². The summed E-state index contributed by atoms with van der Waals surface area (Å²) in [5.74, 6) is 1.34. The molecule has 2 aromatic rings. The predicted molar refractivity (Wildman–Crippen MR) is 92.6 cm³/mol. The van der Waals surface area contributed by atoms with Gasteiger partial charge in [-0.1, -0.05) is 23.9 Å². The quantitative estimate of drug-likeness (QED) is 0.704. The number of carbonyl (C=O) groups excluding carboxylic acids is 1. The van der Waals surface area contributed by atoms with Crippen LogP contribution in [0.5, 0.6) is 17.2 Å². The maximum atomic E-state index is 12.3. The molecule has 0 radical (unpaired) electrons. The Labute approximate surface area is 145 Å². The molecule has 0 N–H and O–H groups in total. The van der Waals surface area contributed by atoms with Crippen LogP contribution in [0.4, 0.5) is 0 Å². The van der Waals surface area contributed by atoms with E-state index in [4.69, 9.17) is 18.9 Å². The van der Waals surface area contributed by atoms with Gasteiger partial charge in [0.05, 0.1) is 38.4 Å². The van der Waals surface area contributed by atoms with Gasteiger partial charge >= 0.3 is 5.97 Å². The van der Waals surface area contributed by atoms with Crippen LogP contribution in [0.2, 0.25) is 0 Å². The standard InChI is InChI=1S/C18H20O5S/c1-5-23-18(19)12-10-14(21-3)15(22-4)11-17(12)24-16-9-7-6-8-13(16)20-2/h6-11H,5H2,1-4H3. The van der Waals surface area contributed by atoms with Crippen LogP contribution in [0, 0.1) is 0 Å². The third-order valence-electron chi connectivity index (χ3n) is 3.27. The molecule has 0 fully saturated rings. The van der Waals surface area contributed by atoms with Crippen LogP contribution in [0.3, 0.4) is 0 Å².